The van der Waals surface area contributed by atoms with Crippen molar-refractivity contribution in [3.8, 4) is 10.7 Å². The molecule has 1 saturated carbocycles. The normalized spacial score (nSPS) is 19.5. The van der Waals surface area contributed by atoms with Crippen LogP contribution in [0.3, 0.4) is 0 Å². The smallest absolute Gasteiger partial charge is 0.229 e. The number of piperidine rings is 1. The van der Waals surface area contributed by atoms with Crippen LogP contribution in [0.15, 0.2) is 35.8 Å². The number of rotatable bonds is 6. The molecule has 0 spiro atoms. The number of carbonyl (C=O) groups excluding carboxylic acids is 1. The van der Waals surface area contributed by atoms with Crippen LogP contribution in [0.1, 0.15) is 31.7 Å². The molecule has 10 heteroatoms. The van der Waals surface area contributed by atoms with Crippen LogP contribution < -0.4 is 5.32 Å². The molecule has 1 saturated heterocycles. The monoisotopic (exact) mass is 474 g/mol. The Balaban J connectivity index is 1.29. The van der Waals surface area contributed by atoms with Gasteiger partial charge in [0.15, 0.2) is 10.6 Å². The van der Waals surface area contributed by atoms with Crippen molar-refractivity contribution in [2.45, 2.75) is 38.4 Å². The number of carbonyl (C=O) groups is 1. The minimum absolute atomic E-state index is 0.00842. The number of hydrogen-bond acceptors (Lipinski definition) is 6. The van der Waals surface area contributed by atoms with Gasteiger partial charge in [0.25, 0.3) is 0 Å². The van der Waals surface area contributed by atoms with E-state index in [1.54, 1.807) is 23.5 Å². The number of aromatic nitrogens is 4. The predicted molar refractivity (Wildman–Crippen MR) is 125 cm³/mol. The van der Waals surface area contributed by atoms with Crippen molar-refractivity contribution in [3.63, 3.8) is 0 Å². The van der Waals surface area contributed by atoms with Crippen molar-refractivity contribution in [1.82, 2.24) is 24.2 Å². The van der Waals surface area contributed by atoms with Gasteiger partial charge in [-0.3, -0.25) is 14.3 Å². The molecule has 2 fully saturated rings. The molecule has 0 bridgehead atoms. The highest BCUT2D eigenvalue weighted by molar-refractivity contribution is 7.71. The van der Waals surface area contributed by atoms with E-state index in [0.29, 0.717) is 30.1 Å². The summed E-state index contributed by atoms with van der Waals surface area (Å²) in [5.41, 5.74) is 0. The van der Waals surface area contributed by atoms with E-state index >= 15 is 0 Å². The van der Waals surface area contributed by atoms with E-state index in [-0.39, 0.29) is 11.8 Å². The lowest BCUT2D eigenvalue weighted by molar-refractivity contribution is -0.121. The molecule has 3 aromatic heterocycles. The Morgan fingerprint density at radius 2 is 2.16 bits per heavy atom. The Hall–Kier alpha value is -2.07. The molecule has 1 aliphatic carbocycles. The first kappa shape index (κ1) is 20.8. The van der Waals surface area contributed by atoms with Gasteiger partial charge < -0.3 is 5.32 Å². The summed E-state index contributed by atoms with van der Waals surface area (Å²) in [6.45, 7) is 2.20. The number of nitrogens with one attached hydrogen (secondary N) is 1. The Bertz CT molecular complexity index is 1120. The van der Waals surface area contributed by atoms with E-state index in [9.17, 15) is 4.79 Å². The van der Waals surface area contributed by atoms with Crippen molar-refractivity contribution in [2.75, 3.05) is 18.4 Å². The maximum Gasteiger partial charge on any atom is 0.229 e. The number of anilines is 1. The first-order valence-electron chi connectivity index (χ1n) is 10.5. The van der Waals surface area contributed by atoms with Crippen LogP contribution in [-0.4, -0.2) is 43.2 Å². The lowest BCUT2D eigenvalue weighted by Crippen LogP contribution is -2.41. The molecule has 0 radical (unpaired) electrons. The van der Waals surface area contributed by atoms with Crippen LogP contribution in [0.4, 0.5) is 5.82 Å². The molecular weight excluding hydrogens is 452 g/mol. The van der Waals surface area contributed by atoms with Gasteiger partial charge >= 0.3 is 0 Å². The number of halogens is 1. The summed E-state index contributed by atoms with van der Waals surface area (Å²) in [4.78, 5) is 20.3. The van der Waals surface area contributed by atoms with Crippen LogP contribution in [0.5, 0.6) is 0 Å². The number of hydrogen-bond donors (Lipinski definition) is 1. The van der Waals surface area contributed by atoms with Crippen molar-refractivity contribution in [2.24, 2.45) is 5.92 Å². The summed E-state index contributed by atoms with van der Waals surface area (Å²) in [6.07, 6.45) is 5.67. The lowest BCUT2D eigenvalue weighted by atomic mass is 9.97. The quantitative estimate of drug-likeness (QED) is 0.518. The highest BCUT2D eigenvalue weighted by atomic mass is 35.5. The van der Waals surface area contributed by atoms with Gasteiger partial charge in [0.05, 0.1) is 22.5 Å². The zero-order chi connectivity index (χ0) is 21.4. The largest absolute Gasteiger partial charge is 0.310 e. The minimum atomic E-state index is -0.0947. The number of thiophene rings is 1. The van der Waals surface area contributed by atoms with E-state index in [1.807, 2.05) is 10.7 Å². The van der Waals surface area contributed by atoms with Gasteiger partial charge in [0, 0.05) is 18.8 Å². The predicted octanol–water partition coefficient (Wildman–Crippen LogP) is 4.83. The van der Waals surface area contributed by atoms with Crippen LogP contribution in [-0.2, 0) is 11.5 Å². The second-order valence-corrected chi connectivity index (χ2v) is 9.84. The summed E-state index contributed by atoms with van der Waals surface area (Å²) in [5.74, 6) is 1.38. The van der Waals surface area contributed by atoms with Gasteiger partial charge in [-0.15, -0.1) is 16.4 Å². The van der Waals surface area contributed by atoms with Crippen LogP contribution in [0.2, 0.25) is 5.02 Å². The zero-order valence-electron chi connectivity index (χ0n) is 16.9. The maximum atomic E-state index is 12.8. The van der Waals surface area contributed by atoms with Gasteiger partial charge in [-0.25, -0.2) is 9.67 Å². The molecule has 3 aromatic rings. The van der Waals surface area contributed by atoms with E-state index in [2.05, 4.69) is 31.2 Å². The van der Waals surface area contributed by atoms with Crippen LogP contribution in [0, 0.1) is 10.7 Å². The Morgan fingerprint density at radius 3 is 2.87 bits per heavy atom. The van der Waals surface area contributed by atoms with Gasteiger partial charge in [0.2, 0.25) is 5.91 Å². The maximum absolute atomic E-state index is 12.8. The third-order valence-electron chi connectivity index (χ3n) is 5.71. The Kier molecular flexibility index (Phi) is 5.92. The van der Waals surface area contributed by atoms with Crippen molar-refractivity contribution >= 4 is 46.9 Å². The minimum Gasteiger partial charge on any atom is -0.310 e. The summed E-state index contributed by atoms with van der Waals surface area (Å²) in [5, 5.41) is 10.4. The fraction of sp³-hybridized carbons (Fsp3) is 0.429. The van der Waals surface area contributed by atoms with Crippen molar-refractivity contribution < 1.29 is 4.79 Å². The average molecular weight is 475 g/mol. The highest BCUT2D eigenvalue weighted by Gasteiger charge is 2.31. The number of pyridine rings is 1. The van der Waals surface area contributed by atoms with E-state index in [1.165, 1.54) is 6.20 Å². The van der Waals surface area contributed by atoms with Crippen LogP contribution in [0.25, 0.3) is 10.7 Å². The summed E-state index contributed by atoms with van der Waals surface area (Å²) < 4.78 is 4.90. The van der Waals surface area contributed by atoms with Gasteiger partial charge in [-0.05, 0) is 68.0 Å². The lowest BCUT2D eigenvalue weighted by Gasteiger charge is -2.31. The topological polar surface area (TPSA) is 68.0 Å². The molecule has 1 aliphatic heterocycles. The summed E-state index contributed by atoms with van der Waals surface area (Å²) >= 11 is 13.4. The number of likely N-dealkylation sites (tertiary alicyclic amines) is 1. The van der Waals surface area contributed by atoms with Crippen molar-refractivity contribution in [1.29, 1.82) is 0 Å². The van der Waals surface area contributed by atoms with Crippen molar-refractivity contribution in [3.05, 3.63) is 45.6 Å². The fourth-order valence-electron chi connectivity index (χ4n) is 4.01. The molecular formula is C21H23ClN6OS2. The van der Waals surface area contributed by atoms with E-state index in [0.717, 1.165) is 47.7 Å². The zero-order valence-corrected chi connectivity index (χ0v) is 19.3. The summed E-state index contributed by atoms with van der Waals surface area (Å²) in [6, 6.07) is 8.04. The second kappa shape index (κ2) is 8.82. The fourth-order valence-corrected chi connectivity index (χ4v) is 5.16. The van der Waals surface area contributed by atoms with E-state index in [4.69, 9.17) is 28.9 Å². The molecule has 7 nitrogen and oxygen atoms in total. The van der Waals surface area contributed by atoms with Gasteiger partial charge in [0.1, 0.15) is 5.82 Å². The molecule has 1 N–H and O–H groups in total. The molecule has 0 unspecified atom stereocenters. The number of nitrogens with zero attached hydrogens (tertiary/aromatic N) is 5. The standard InChI is InChI=1S/C21H23ClN6OS2/c22-15-5-8-18(23-11-15)24-20(29)14-3-1-9-26(12-14)13-27-21(30)28(16-6-7-16)19(25-27)17-4-2-10-31-17/h2,4-5,8,10-11,14,16H,1,3,6-7,9,12-13H2,(H,23,24,29)/t14-/m0/s1. The highest BCUT2D eigenvalue weighted by Crippen LogP contribution is 2.39. The molecule has 4 heterocycles. The van der Waals surface area contributed by atoms with Gasteiger partial charge in [-0.2, -0.15) is 0 Å². The van der Waals surface area contributed by atoms with Crippen LogP contribution >= 0.6 is 35.2 Å². The Morgan fingerprint density at radius 1 is 1.29 bits per heavy atom. The first-order valence-corrected chi connectivity index (χ1v) is 12.1. The molecule has 2 aliphatic rings. The molecule has 5 rings (SSSR count). The molecule has 162 valence electrons. The summed E-state index contributed by atoms with van der Waals surface area (Å²) in [7, 11) is 0. The average Bonchev–Trinajstić information content (AvgIpc) is 3.35. The SMILES string of the molecule is O=C(Nc1ccc(Cl)cn1)[C@H]1CCCN(Cn2nc(-c3cccs3)n(C3CC3)c2=S)C1. The first-order chi connectivity index (χ1) is 15.1. The molecule has 0 aromatic carbocycles. The third kappa shape index (κ3) is 4.59. The molecule has 1 atom stereocenters. The third-order valence-corrected chi connectivity index (χ3v) is 7.21. The Labute approximate surface area is 194 Å². The molecule has 1 amide bonds. The van der Waals surface area contributed by atoms with Gasteiger partial charge in [-0.1, -0.05) is 17.7 Å². The number of amides is 1. The second-order valence-electron chi connectivity index (χ2n) is 8.09. The molecule has 31 heavy (non-hydrogen) atoms. The van der Waals surface area contributed by atoms with E-state index < -0.39 is 0 Å².